The van der Waals surface area contributed by atoms with Crippen molar-refractivity contribution in [3.63, 3.8) is 0 Å². The van der Waals surface area contributed by atoms with Crippen molar-refractivity contribution in [2.24, 2.45) is 5.41 Å². The highest BCUT2D eigenvalue weighted by Gasteiger charge is 2.29. The standard InChI is InChI=1S/C17H29N3S/c1-12(2)15-14(10-18-13-6-7-13)21-16(19-15)20-9-5-8-17(3,4)11-20/h12-13,18H,5-11H2,1-4H3. The average molecular weight is 308 g/mol. The number of hydrogen-bond donors (Lipinski definition) is 1. The van der Waals surface area contributed by atoms with Crippen LogP contribution < -0.4 is 10.2 Å². The average Bonchev–Trinajstić information content (AvgIpc) is 3.13. The molecule has 118 valence electrons. The highest BCUT2D eigenvalue weighted by Crippen LogP contribution is 2.36. The summed E-state index contributed by atoms with van der Waals surface area (Å²) in [4.78, 5) is 8.97. The lowest BCUT2D eigenvalue weighted by Crippen LogP contribution is -2.40. The Morgan fingerprint density at radius 1 is 1.38 bits per heavy atom. The smallest absolute Gasteiger partial charge is 0.185 e. The van der Waals surface area contributed by atoms with Gasteiger partial charge in [-0.1, -0.05) is 27.7 Å². The van der Waals surface area contributed by atoms with Crippen molar-refractivity contribution >= 4 is 16.5 Å². The molecule has 1 aliphatic heterocycles. The van der Waals surface area contributed by atoms with Crippen LogP contribution in [0.1, 0.15) is 69.9 Å². The normalized spacial score (nSPS) is 22.0. The van der Waals surface area contributed by atoms with E-state index in [4.69, 9.17) is 4.98 Å². The molecule has 4 heteroatoms. The molecule has 0 aromatic carbocycles. The maximum absolute atomic E-state index is 5.00. The van der Waals surface area contributed by atoms with Gasteiger partial charge in [0.2, 0.25) is 0 Å². The molecule has 1 aliphatic carbocycles. The van der Waals surface area contributed by atoms with Gasteiger partial charge in [-0.2, -0.15) is 0 Å². The van der Waals surface area contributed by atoms with Crippen molar-refractivity contribution < 1.29 is 0 Å². The predicted octanol–water partition coefficient (Wildman–Crippen LogP) is 4.14. The quantitative estimate of drug-likeness (QED) is 0.886. The van der Waals surface area contributed by atoms with Crippen LogP contribution in [0.15, 0.2) is 0 Å². The number of hydrogen-bond acceptors (Lipinski definition) is 4. The van der Waals surface area contributed by atoms with Crippen molar-refractivity contribution in [3.8, 4) is 0 Å². The van der Waals surface area contributed by atoms with Crippen LogP contribution in [0.5, 0.6) is 0 Å². The molecule has 3 nitrogen and oxygen atoms in total. The molecule has 1 N–H and O–H groups in total. The number of piperidine rings is 1. The summed E-state index contributed by atoms with van der Waals surface area (Å²) in [6.07, 6.45) is 5.33. The lowest BCUT2D eigenvalue weighted by Gasteiger charge is -2.37. The molecule has 2 fully saturated rings. The van der Waals surface area contributed by atoms with E-state index < -0.39 is 0 Å². The highest BCUT2D eigenvalue weighted by molar-refractivity contribution is 7.15. The van der Waals surface area contributed by atoms with Gasteiger partial charge in [0.15, 0.2) is 5.13 Å². The molecule has 3 rings (SSSR count). The number of rotatable bonds is 5. The maximum atomic E-state index is 5.00. The molecule has 0 spiro atoms. The van der Waals surface area contributed by atoms with Crippen molar-refractivity contribution in [3.05, 3.63) is 10.6 Å². The van der Waals surface area contributed by atoms with Gasteiger partial charge in [0.25, 0.3) is 0 Å². The van der Waals surface area contributed by atoms with Crippen LogP contribution in [0.4, 0.5) is 5.13 Å². The first-order valence-corrected chi connectivity index (χ1v) is 9.24. The first-order valence-electron chi connectivity index (χ1n) is 8.42. The molecule has 1 aromatic rings. The molecule has 0 amide bonds. The zero-order chi connectivity index (χ0) is 15.0. The largest absolute Gasteiger partial charge is 0.348 e. The van der Waals surface area contributed by atoms with Crippen LogP contribution in [0.2, 0.25) is 0 Å². The zero-order valence-corrected chi connectivity index (χ0v) is 14.7. The SMILES string of the molecule is CC(C)c1nc(N2CCCC(C)(C)C2)sc1CNC1CC1. The second-order valence-electron chi connectivity index (χ2n) is 7.80. The van der Waals surface area contributed by atoms with Crippen molar-refractivity contribution in [1.29, 1.82) is 0 Å². The van der Waals surface area contributed by atoms with Crippen LogP contribution in [0, 0.1) is 5.41 Å². The second-order valence-corrected chi connectivity index (χ2v) is 8.87. The Kier molecular flexibility index (Phi) is 4.28. The van der Waals surface area contributed by atoms with E-state index in [1.165, 1.54) is 47.9 Å². The van der Waals surface area contributed by atoms with Crippen molar-refractivity contribution in [1.82, 2.24) is 10.3 Å². The molecule has 2 aliphatic rings. The van der Waals surface area contributed by atoms with Gasteiger partial charge in [-0.25, -0.2) is 4.98 Å². The summed E-state index contributed by atoms with van der Waals surface area (Å²) < 4.78 is 0. The summed E-state index contributed by atoms with van der Waals surface area (Å²) in [6, 6.07) is 0.768. The molecule has 1 saturated heterocycles. The fourth-order valence-corrected chi connectivity index (χ4v) is 4.37. The van der Waals surface area contributed by atoms with E-state index >= 15 is 0 Å². The van der Waals surface area contributed by atoms with Crippen molar-refractivity contribution in [2.75, 3.05) is 18.0 Å². The minimum absolute atomic E-state index is 0.425. The molecule has 1 saturated carbocycles. The summed E-state index contributed by atoms with van der Waals surface area (Å²) in [5, 5.41) is 4.90. The predicted molar refractivity (Wildman–Crippen MR) is 91.3 cm³/mol. The summed E-state index contributed by atoms with van der Waals surface area (Å²) >= 11 is 1.92. The lowest BCUT2D eigenvalue weighted by molar-refractivity contribution is 0.293. The Morgan fingerprint density at radius 3 is 2.76 bits per heavy atom. The second kappa shape index (κ2) is 5.88. The third-order valence-corrected chi connectivity index (χ3v) is 5.69. The molecule has 0 unspecified atom stereocenters. The van der Waals surface area contributed by atoms with Gasteiger partial charge in [-0.05, 0) is 37.0 Å². The summed E-state index contributed by atoms with van der Waals surface area (Å²) in [5.74, 6) is 0.517. The van der Waals surface area contributed by atoms with E-state index in [9.17, 15) is 0 Å². The van der Waals surface area contributed by atoms with Gasteiger partial charge < -0.3 is 10.2 Å². The highest BCUT2D eigenvalue weighted by atomic mass is 32.1. The molecule has 0 bridgehead atoms. The maximum Gasteiger partial charge on any atom is 0.185 e. The Morgan fingerprint density at radius 2 is 2.14 bits per heavy atom. The number of thiazole rings is 1. The first kappa shape index (κ1) is 15.3. The molecule has 1 aromatic heterocycles. The van der Waals surface area contributed by atoms with E-state index in [0.717, 1.165) is 19.1 Å². The zero-order valence-electron chi connectivity index (χ0n) is 13.9. The van der Waals surface area contributed by atoms with E-state index in [0.29, 0.717) is 11.3 Å². The monoisotopic (exact) mass is 307 g/mol. The van der Waals surface area contributed by atoms with Gasteiger partial charge in [-0.15, -0.1) is 11.3 Å². The topological polar surface area (TPSA) is 28.2 Å². The van der Waals surface area contributed by atoms with Crippen LogP contribution in [0.25, 0.3) is 0 Å². The lowest BCUT2D eigenvalue weighted by atomic mass is 9.84. The third-order valence-electron chi connectivity index (χ3n) is 4.56. The summed E-state index contributed by atoms with van der Waals surface area (Å²) in [7, 11) is 0. The fourth-order valence-electron chi connectivity index (χ4n) is 3.17. The summed E-state index contributed by atoms with van der Waals surface area (Å²) in [5.41, 5.74) is 1.74. The Hall–Kier alpha value is -0.610. The summed E-state index contributed by atoms with van der Waals surface area (Å²) in [6.45, 7) is 12.6. The number of aromatic nitrogens is 1. The van der Waals surface area contributed by atoms with E-state index in [1.807, 2.05) is 11.3 Å². The minimum Gasteiger partial charge on any atom is -0.348 e. The van der Waals surface area contributed by atoms with Gasteiger partial charge in [0.1, 0.15) is 0 Å². The molecule has 0 atom stereocenters. The van der Waals surface area contributed by atoms with Gasteiger partial charge in [-0.3, -0.25) is 0 Å². The number of anilines is 1. The van der Waals surface area contributed by atoms with Crippen LogP contribution >= 0.6 is 11.3 Å². The molecule has 2 heterocycles. The Balaban J connectivity index is 1.76. The third kappa shape index (κ3) is 3.78. The van der Waals surface area contributed by atoms with Gasteiger partial charge in [0, 0.05) is 30.6 Å². The number of nitrogens with one attached hydrogen (secondary N) is 1. The van der Waals surface area contributed by atoms with Crippen LogP contribution in [-0.4, -0.2) is 24.1 Å². The van der Waals surface area contributed by atoms with Gasteiger partial charge in [0.05, 0.1) is 5.69 Å². The molecule has 0 radical (unpaired) electrons. The van der Waals surface area contributed by atoms with Crippen LogP contribution in [0.3, 0.4) is 0 Å². The molecule has 21 heavy (non-hydrogen) atoms. The Bertz CT molecular complexity index is 488. The minimum atomic E-state index is 0.425. The first-order chi connectivity index (χ1) is 9.94. The molecular weight excluding hydrogens is 278 g/mol. The van der Waals surface area contributed by atoms with E-state index in [-0.39, 0.29) is 0 Å². The fraction of sp³-hybridized carbons (Fsp3) is 0.824. The van der Waals surface area contributed by atoms with E-state index in [1.54, 1.807) is 0 Å². The molecular formula is C17H29N3S. The number of nitrogens with zero attached hydrogens (tertiary/aromatic N) is 2. The van der Waals surface area contributed by atoms with Crippen LogP contribution in [-0.2, 0) is 6.54 Å². The Labute approximate surface area is 133 Å². The van der Waals surface area contributed by atoms with Gasteiger partial charge >= 0.3 is 0 Å². The van der Waals surface area contributed by atoms with E-state index in [2.05, 4.69) is 37.9 Å². The van der Waals surface area contributed by atoms with Crippen molar-refractivity contribution in [2.45, 2.75) is 71.9 Å².